The molecule has 0 unspecified atom stereocenters. The number of carbonyl (C=O) groups excluding carboxylic acids is 1. The summed E-state index contributed by atoms with van der Waals surface area (Å²) in [6, 6.07) is 0.0324. The van der Waals surface area contributed by atoms with E-state index in [9.17, 15) is 4.79 Å². The van der Waals surface area contributed by atoms with Crippen LogP contribution in [0.1, 0.15) is 26.2 Å². The Morgan fingerprint density at radius 1 is 1.44 bits per heavy atom. The van der Waals surface area contributed by atoms with E-state index in [2.05, 4.69) is 22.4 Å². The van der Waals surface area contributed by atoms with Crippen LogP contribution in [0.25, 0.3) is 0 Å². The van der Waals surface area contributed by atoms with E-state index < -0.39 is 0 Å². The molecule has 1 aliphatic heterocycles. The van der Waals surface area contributed by atoms with Gasteiger partial charge in [0.05, 0.1) is 6.04 Å². The minimum absolute atomic E-state index is 0.0324. The molecule has 1 N–H and O–H groups in total. The summed E-state index contributed by atoms with van der Waals surface area (Å²) in [6.45, 7) is 4.97. The Kier molecular flexibility index (Phi) is 5.57. The third-order valence-electron chi connectivity index (χ3n) is 3.92. The third kappa shape index (κ3) is 4.02. The molecule has 1 aliphatic carbocycles. The van der Waals surface area contributed by atoms with Gasteiger partial charge in [0, 0.05) is 31.1 Å². The van der Waals surface area contributed by atoms with Crippen LogP contribution in [-0.4, -0.2) is 48.0 Å². The molecule has 2 atom stereocenters. The number of hydrogen-bond acceptors (Lipinski definition) is 3. The summed E-state index contributed by atoms with van der Waals surface area (Å²) >= 11 is 1.98. The van der Waals surface area contributed by atoms with Gasteiger partial charge in [-0.05, 0) is 32.1 Å². The Morgan fingerprint density at radius 2 is 2.22 bits per heavy atom. The number of nitrogens with one attached hydrogen (secondary N) is 1. The molecular formula is C14H24N2OS. The van der Waals surface area contributed by atoms with Gasteiger partial charge in [0.2, 0.25) is 5.91 Å². The molecule has 0 spiro atoms. The lowest BCUT2D eigenvalue weighted by atomic mass is 9.94. The average molecular weight is 268 g/mol. The Balaban J connectivity index is 1.71. The van der Waals surface area contributed by atoms with Crippen LogP contribution in [0.5, 0.6) is 0 Å². The summed E-state index contributed by atoms with van der Waals surface area (Å²) in [5.41, 5.74) is 0. The first kappa shape index (κ1) is 13.9. The number of nitrogens with zero attached hydrogens (tertiary/aromatic N) is 1. The van der Waals surface area contributed by atoms with Crippen LogP contribution >= 0.6 is 11.8 Å². The van der Waals surface area contributed by atoms with E-state index in [1.54, 1.807) is 0 Å². The molecule has 2 rings (SSSR count). The van der Waals surface area contributed by atoms with Crippen LogP contribution in [0.15, 0.2) is 12.2 Å². The molecule has 0 aromatic rings. The highest BCUT2D eigenvalue weighted by atomic mass is 32.2. The van der Waals surface area contributed by atoms with Crippen molar-refractivity contribution in [3.05, 3.63) is 12.2 Å². The van der Waals surface area contributed by atoms with Crippen LogP contribution in [0, 0.1) is 5.92 Å². The molecule has 102 valence electrons. The average Bonchev–Trinajstić information content (AvgIpc) is 2.46. The predicted octanol–water partition coefficient (Wildman–Crippen LogP) is 1.90. The minimum atomic E-state index is 0.0324. The molecule has 0 aromatic carbocycles. The summed E-state index contributed by atoms with van der Waals surface area (Å²) in [5.74, 6) is 3.16. The van der Waals surface area contributed by atoms with Crippen LogP contribution in [0.4, 0.5) is 0 Å². The fourth-order valence-corrected chi connectivity index (χ4v) is 3.50. The summed E-state index contributed by atoms with van der Waals surface area (Å²) in [7, 11) is 0. The van der Waals surface area contributed by atoms with Crippen molar-refractivity contribution >= 4 is 17.7 Å². The number of allylic oxidation sites excluding steroid dienone is 2. The Morgan fingerprint density at radius 3 is 2.89 bits per heavy atom. The fraction of sp³-hybridized carbons (Fsp3) is 0.786. The Bertz CT molecular complexity index is 300. The van der Waals surface area contributed by atoms with Crippen molar-refractivity contribution in [1.29, 1.82) is 0 Å². The number of hydrogen-bond donors (Lipinski definition) is 1. The van der Waals surface area contributed by atoms with E-state index in [-0.39, 0.29) is 11.9 Å². The normalized spacial score (nSPS) is 26.8. The molecular weight excluding hydrogens is 244 g/mol. The lowest BCUT2D eigenvalue weighted by Gasteiger charge is -2.31. The van der Waals surface area contributed by atoms with E-state index in [1.807, 2.05) is 18.7 Å². The zero-order chi connectivity index (χ0) is 12.8. The SMILES string of the molecule is C[C@@H](C(=O)NC[C@@H]1CC=CCC1)N1CCSCC1. The summed E-state index contributed by atoms with van der Waals surface area (Å²) < 4.78 is 0. The minimum Gasteiger partial charge on any atom is -0.354 e. The van der Waals surface area contributed by atoms with Crippen molar-refractivity contribution in [1.82, 2.24) is 10.2 Å². The van der Waals surface area contributed by atoms with Gasteiger partial charge >= 0.3 is 0 Å². The molecule has 0 bridgehead atoms. The van der Waals surface area contributed by atoms with Gasteiger partial charge in [-0.1, -0.05) is 12.2 Å². The maximum atomic E-state index is 12.1. The molecule has 4 heteroatoms. The smallest absolute Gasteiger partial charge is 0.237 e. The van der Waals surface area contributed by atoms with Gasteiger partial charge in [-0.2, -0.15) is 11.8 Å². The molecule has 0 aromatic heterocycles. The predicted molar refractivity (Wildman–Crippen MR) is 77.9 cm³/mol. The Labute approximate surface area is 114 Å². The van der Waals surface area contributed by atoms with Gasteiger partial charge in [0.1, 0.15) is 0 Å². The van der Waals surface area contributed by atoms with Gasteiger partial charge in [-0.25, -0.2) is 0 Å². The molecule has 0 radical (unpaired) electrons. The van der Waals surface area contributed by atoms with Crippen LogP contribution < -0.4 is 5.32 Å². The van der Waals surface area contributed by atoms with E-state index in [1.165, 1.54) is 12.8 Å². The molecule has 1 saturated heterocycles. The molecule has 1 heterocycles. The van der Waals surface area contributed by atoms with Crippen molar-refractivity contribution in [2.24, 2.45) is 5.92 Å². The standard InChI is InChI=1S/C14H24N2OS/c1-12(16-7-9-18-10-8-16)14(17)15-11-13-5-3-2-4-6-13/h2-3,12-13H,4-11H2,1H3,(H,15,17)/t12-,13+/m0/s1. The number of amides is 1. The van der Waals surface area contributed by atoms with Crippen LogP contribution in [0.3, 0.4) is 0 Å². The summed E-state index contributed by atoms with van der Waals surface area (Å²) in [5, 5.41) is 3.13. The third-order valence-corrected chi connectivity index (χ3v) is 4.86. The van der Waals surface area contributed by atoms with Gasteiger partial charge in [0.15, 0.2) is 0 Å². The lowest BCUT2D eigenvalue weighted by molar-refractivity contribution is -0.126. The van der Waals surface area contributed by atoms with Gasteiger partial charge in [-0.15, -0.1) is 0 Å². The zero-order valence-corrected chi connectivity index (χ0v) is 12.0. The highest BCUT2D eigenvalue weighted by Gasteiger charge is 2.23. The van der Waals surface area contributed by atoms with E-state index >= 15 is 0 Å². The molecule has 1 amide bonds. The van der Waals surface area contributed by atoms with E-state index in [0.29, 0.717) is 5.92 Å². The number of rotatable bonds is 4. The van der Waals surface area contributed by atoms with Gasteiger partial charge in [-0.3, -0.25) is 9.69 Å². The molecule has 2 aliphatic rings. The second-order valence-corrected chi connectivity index (χ2v) is 6.44. The number of carbonyl (C=O) groups is 1. The molecule has 3 nitrogen and oxygen atoms in total. The van der Waals surface area contributed by atoms with Gasteiger partial charge < -0.3 is 5.32 Å². The molecule has 18 heavy (non-hydrogen) atoms. The second kappa shape index (κ2) is 7.19. The number of thioether (sulfide) groups is 1. The first-order valence-electron chi connectivity index (χ1n) is 7.02. The lowest BCUT2D eigenvalue weighted by Crippen LogP contribution is -2.49. The topological polar surface area (TPSA) is 32.3 Å². The Hall–Kier alpha value is -0.480. The highest BCUT2D eigenvalue weighted by Crippen LogP contribution is 2.17. The van der Waals surface area contributed by atoms with Crippen molar-refractivity contribution in [3.8, 4) is 0 Å². The van der Waals surface area contributed by atoms with Crippen molar-refractivity contribution in [3.63, 3.8) is 0 Å². The summed E-state index contributed by atoms with van der Waals surface area (Å²) in [4.78, 5) is 14.4. The maximum Gasteiger partial charge on any atom is 0.237 e. The fourth-order valence-electron chi connectivity index (χ4n) is 2.56. The quantitative estimate of drug-likeness (QED) is 0.790. The van der Waals surface area contributed by atoms with Gasteiger partial charge in [0.25, 0.3) is 0 Å². The maximum absolute atomic E-state index is 12.1. The van der Waals surface area contributed by atoms with Crippen molar-refractivity contribution < 1.29 is 4.79 Å². The van der Waals surface area contributed by atoms with Crippen molar-refractivity contribution in [2.45, 2.75) is 32.2 Å². The highest BCUT2D eigenvalue weighted by molar-refractivity contribution is 7.99. The molecule has 0 saturated carbocycles. The molecule has 1 fully saturated rings. The summed E-state index contributed by atoms with van der Waals surface area (Å²) in [6.07, 6.45) is 7.98. The van der Waals surface area contributed by atoms with E-state index in [0.717, 1.165) is 37.6 Å². The van der Waals surface area contributed by atoms with Crippen LogP contribution in [-0.2, 0) is 4.79 Å². The first-order chi connectivity index (χ1) is 8.77. The van der Waals surface area contributed by atoms with Crippen molar-refractivity contribution in [2.75, 3.05) is 31.1 Å². The van der Waals surface area contributed by atoms with Crippen LogP contribution in [0.2, 0.25) is 0 Å². The first-order valence-corrected chi connectivity index (χ1v) is 8.17. The zero-order valence-electron chi connectivity index (χ0n) is 11.2. The monoisotopic (exact) mass is 268 g/mol. The van der Waals surface area contributed by atoms with E-state index in [4.69, 9.17) is 0 Å². The second-order valence-electron chi connectivity index (χ2n) is 5.22. The largest absolute Gasteiger partial charge is 0.354 e.